The molecule has 1 aromatic heterocycles. The van der Waals surface area contributed by atoms with Gasteiger partial charge in [-0.1, -0.05) is 15.9 Å². The van der Waals surface area contributed by atoms with Crippen molar-refractivity contribution in [2.24, 2.45) is 0 Å². The highest BCUT2D eigenvalue weighted by atomic mass is 79.9. The minimum absolute atomic E-state index is 0.292. The maximum absolute atomic E-state index is 8.99. The first kappa shape index (κ1) is 12.9. The van der Waals surface area contributed by atoms with Crippen LogP contribution in [0, 0.1) is 11.3 Å². The SMILES string of the molecule is N#Cc1nccnc1NCc1cc(Br)cc2c1OCC2. The lowest BCUT2D eigenvalue weighted by molar-refractivity contribution is 0.354. The standard InChI is InChI=1S/C14H11BrN4O/c15-11-5-9-1-4-20-13(9)10(6-11)8-19-14-12(7-16)17-2-3-18-14/h2-3,5-6H,1,4,8H2,(H,18,19). The Hall–Kier alpha value is -2.13. The normalized spacial score (nSPS) is 12.4. The monoisotopic (exact) mass is 330 g/mol. The summed E-state index contributed by atoms with van der Waals surface area (Å²) in [6.45, 7) is 1.25. The number of rotatable bonds is 3. The van der Waals surface area contributed by atoms with Crippen LogP contribution in [0.5, 0.6) is 5.75 Å². The summed E-state index contributed by atoms with van der Waals surface area (Å²) >= 11 is 3.51. The second-order valence-electron chi connectivity index (χ2n) is 4.37. The van der Waals surface area contributed by atoms with E-state index in [1.807, 2.05) is 12.1 Å². The number of fused-ring (bicyclic) bond motifs is 1. The lowest BCUT2D eigenvalue weighted by Crippen LogP contribution is -2.05. The number of aromatic nitrogens is 2. The molecule has 1 N–H and O–H groups in total. The van der Waals surface area contributed by atoms with Crippen molar-refractivity contribution in [2.45, 2.75) is 13.0 Å². The van der Waals surface area contributed by atoms with Crippen molar-refractivity contribution >= 4 is 21.7 Å². The van der Waals surface area contributed by atoms with Crippen molar-refractivity contribution in [1.82, 2.24) is 9.97 Å². The fraction of sp³-hybridized carbons (Fsp3) is 0.214. The van der Waals surface area contributed by atoms with E-state index < -0.39 is 0 Å². The van der Waals surface area contributed by atoms with Crippen LogP contribution < -0.4 is 10.1 Å². The second-order valence-corrected chi connectivity index (χ2v) is 5.29. The van der Waals surface area contributed by atoms with E-state index in [4.69, 9.17) is 10.00 Å². The summed E-state index contributed by atoms with van der Waals surface area (Å²) in [5.74, 6) is 1.42. The first-order chi connectivity index (χ1) is 9.78. The van der Waals surface area contributed by atoms with Gasteiger partial charge in [-0.25, -0.2) is 9.97 Å². The van der Waals surface area contributed by atoms with Gasteiger partial charge in [-0.05, 0) is 17.7 Å². The van der Waals surface area contributed by atoms with Crippen molar-refractivity contribution in [2.75, 3.05) is 11.9 Å². The number of ether oxygens (including phenoxy) is 1. The molecule has 3 rings (SSSR count). The molecule has 0 atom stereocenters. The molecule has 0 bridgehead atoms. The van der Waals surface area contributed by atoms with Gasteiger partial charge in [0.25, 0.3) is 0 Å². The zero-order chi connectivity index (χ0) is 13.9. The molecule has 0 radical (unpaired) electrons. The topological polar surface area (TPSA) is 70.8 Å². The van der Waals surface area contributed by atoms with E-state index >= 15 is 0 Å². The number of anilines is 1. The van der Waals surface area contributed by atoms with Crippen LogP contribution in [0.15, 0.2) is 29.0 Å². The summed E-state index contributed by atoms with van der Waals surface area (Å²) in [4.78, 5) is 8.10. The summed E-state index contributed by atoms with van der Waals surface area (Å²) in [6, 6.07) is 6.11. The summed E-state index contributed by atoms with van der Waals surface area (Å²) in [5.41, 5.74) is 2.54. The Morgan fingerprint density at radius 2 is 2.20 bits per heavy atom. The molecule has 0 amide bonds. The lowest BCUT2D eigenvalue weighted by Gasteiger charge is -2.11. The minimum atomic E-state index is 0.292. The molecule has 0 spiro atoms. The van der Waals surface area contributed by atoms with E-state index in [1.54, 1.807) is 6.20 Å². The number of nitrogens with one attached hydrogen (secondary N) is 1. The van der Waals surface area contributed by atoms with Gasteiger partial charge in [0, 0.05) is 35.4 Å². The summed E-state index contributed by atoms with van der Waals surface area (Å²) in [7, 11) is 0. The predicted molar refractivity (Wildman–Crippen MR) is 77.4 cm³/mol. The Balaban J connectivity index is 1.85. The summed E-state index contributed by atoms with van der Waals surface area (Å²) in [6.07, 6.45) is 3.99. The molecule has 2 heterocycles. The number of halogens is 1. The van der Waals surface area contributed by atoms with Gasteiger partial charge in [-0.15, -0.1) is 0 Å². The Bertz CT molecular complexity index is 696. The van der Waals surface area contributed by atoms with Crippen molar-refractivity contribution < 1.29 is 4.74 Å². The van der Waals surface area contributed by atoms with Crippen LogP contribution >= 0.6 is 15.9 Å². The van der Waals surface area contributed by atoms with Gasteiger partial charge in [0.15, 0.2) is 11.5 Å². The predicted octanol–water partition coefficient (Wildman–Crippen LogP) is 2.66. The zero-order valence-electron chi connectivity index (χ0n) is 10.6. The summed E-state index contributed by atoms with van der Waals surface area (Å²) in [5, 5.41) is 12.1. The molecule has 6 heteroatoms. The molecular formula is C14H11BrN4O. The Morgan fingerprint density at radius 1 is 1.35 bits per heavy atom. The van der Waals surface area contributed by atoms with Gasteiger partial charge in [0.1, 0.15) is 11.8 Å². The smallest absolute Gasteiger partial charge is 0.182 e. The van der Waals surface area contributed by atoms with E-state index in [0.29, 0.717) is 24.7 Å². The molecule has 0 saturated heterocycles. The number of hydrogen-bond acceptors (Lipinski definition) is 5. The molecular weight excluding hydrogens is 320 g/mol. The Morgan fingerprint density at radius 3 is 3.05 bits per heavy atom. The van der Waals surface area contributed by atoms with Crippen molar-refractivity contribution in [3.05, 3.63) is 45.8 Å². The fourth-order valence-corrected chi connectivity index (χ4v) is 2.76. The van der Waals surface area contributed by atoms with Crippen molar-refractivity contribution in [1.29, 1.82) is 5.26 Å². The average Bonchev–Trinajstić information content (AvgIpc) is 2.93. The van der Waals surface area contributed by atoms with Gasteiger partial charge in [0.05, 0.1) is 6.61 Å². The third-order valence-corrected chi connectivity index (χ3v) is 3.53. The molecule has 5 nitrogen and oxygen atoms in total. The first-order valence-corrected chi connectivity index (χ1v) is 6.96. The average molecular weight is 331 g/mol. The molecule has 100 valence electrons. The molecule has 20 heavy (non-hydrogen) atoms. The van der Waals surface area contributed by atoms with Crippen LogP contribution in [-0.2, 0) is 13.0 Å². The molecule has 0 unspecified atom stereocenters. The second kappa shape index (κ2) is 5.47. The van der Waals surface area contributed by atoms with E-state index in [2.05, 4.69) is 37.3 Å². The van der Waals surface area contributed by atoms with Gasteiger partial charge < -0.3 is 10.1 Å². The van der Waals surface area contributed by atoms with Crippen LogP contribution in [0.4, 0.5) is 5.82 Å². The molecule has 0 saturated carbocycles. The fourth-order valence-electron chi connectivity index (χ4n) is 2.21. The quantitative estimate of drug-likeness (QED) is 0.936. The van der Waals surface area contributed by atoms with Crippen LogP contribution in [0.1, 0.15) is 16.8 Å². The number of benzene rings is 1. The Kier molecular flexibility index (Phi) is 3.52. The minimum Gasteiger partial charge on any atom is -0.493 e. The molecule has 1 aliphatic heterocycles. The molecule has 0 fully saturated rings. The number of nitrogens with zero attached hydrogens (tertiary/aromatic N) is 3. The van der Waals surface area contributed by atoms with E-state index in [-0.39, 0.29) is 0 Å². The lowest BCUT2D eigenvalue weighted by atomic mass is 10.1. The molecule has 1 aromatic carbocycles. The molecule has 0 aliphatic carbocycles. The van der Waals surface area contributed by atoms with E-state index in [0.717, 1.165) is 22.2 Å². The third kappa shape index (κ3) is 2.45. The Labute approximate surface area is 124 Å². The first-order valence-electron chi connectivity index (χ1n) is 6.17. The molecule has 2 aromatic rings. The third-order valence-electron chi connectivity index (χ3n) is 3.08. The van der Waals surface area contributed by atoms with E-state index in [9.17, 15) is 0 Å². The zero-order valence-corrected chi connectivity index (χ0v) is 12.1. The van der Waals surface area contributed by atoms with Crippen molar-refractivity contribution in [3.63, 3.8) is 0 Å². The highest BCUT2D eigenvalue weighted by molar-refractivity contribution is 9.10. The van der Waals surface area contributed by atoms with Gasteiger partial charge in [-0.2, -0.15) is 5.26 Å². The van der Waals surface area contributed by atoms with Crippen LogP contribution in [0.3, 0.4) is 0 Å². The van der Waals surface area contributed by atoms with Crippen LogP contribution in [0.2, 0.25) is 0 Å². The molecule has 1 aliphatic rings. The van der Waals surface area contributed by atoms with E-state index in [1.165, 1.54) is 11.8 Å². The summed E-state index contributed by atoms with van der Waals surface area (Å²) < 4.78 is 6.69. The highest BCUT2D eigenvalue weighted by Crippen LogP contribution is 2.33. The maximum atomic E-state index is 8.99. The van der Waals surface area contributed by atoms with Crippen molar-refractivity contribution in [3.8, 4) is 11.8 Å². The number of nitriles is 1. The van der Waals surface area contributed by atoms with Gasteiger partial charge >= 0.3 is 0 Å². The van der Waals surface area contributed by atoms with Crippen LogP contribution in [-0.4, -0.2) is 16.6 Å². The van der Waals surface area contributed by atoms with Gasteiger partial charge in [-0.3, -0.25) is 0 Å². The highest BCUT2D eigenvalue weighted by Gasteiger charge is 2.17. The maximum Gasteiger partial charge on any atom is 0.182 e. The largest absolute Gasteiger partial charge is 0.493 e. The van der Waals surface area contributed by atoms with Crippen LogP contribution in [0.25, 0.3) is 0 Å². The number of hydrogen-bond donors (Lipinski definition) is 1. The van der Waals surface area contributed by atoms with Gasteiger partial charge in [0.2, 0.25) is 0 Å².